The zero-order valence-electron chi connectivity index (χ0n) is 11.5. The minimum atomic E-state index is -4.48. The number of aryl methyl sites for hydroxylation is 1. The predicted octanol–water partition coefficient (Wildman–Crippen LogP) is 4.18. The number of carbonyl (C=O) groups excluding carboxylic acids is 1. The fourth-order valence-corrected chi connectivity index (χ4v) is 2.10. The summed E-state index contributed by atoms with van der Waals surface area (Å²) in [6.45, 7) is 2.58. The number of hydrogen-bond acceptors (Lipinski definition) is 2. The van der Waals surface area contributed by atoms with Gasteiger partial charge >= 0.3 is 6.18 Å². The van der Waals surface area contributed by atoms with Gasteiger partial charge in [-0.2, -0.15) is 18.3 Å². The molecule has 0 aliphatic heterocycles. The lowest BCUT2D eigenvalue weighted by atomic mass is 10.0. The molecule has 112 valence electrons. The highest BCUT2D eigenvalue weighted by Crippen LogP contribution is 2.37. The van der Waals surface area contributed by atoms with E-state index in [2.05, 4.69) is 5.10 Å². The van der Waals surface area contributed by atoms with Gasteiger partial charge < -0.3 is 0 Å². The molecule has 2 aromatic rings. The zero-order valence-corrected chi connectivity index (χ0v) is 11.5. The third-order valence-electron chi connectivity index (χ3n) is 3.15. The molecule has 0 atom stereocenters. The molecular weight excluding hydrogens is 281 g/mol. The number of carbonyl (C=O) groups is 1. The average Bonchev–Trinajstić information content (AvgIpc) is 2.87. The first-order valence-corrected chi connectivity index (χ1v) is 6.66. The first kappa shape index (κ1) is 15.3. The summed E-state index contributed by atoms with van der Waals surface area (Å²) in [7, 11) is 0. The van der Waals surface area contributed by atoms with Crippen LogP contribution in [0.15, 0.2) is 30.5 Å². The van der Waals surface area contributed by atoms with Crippen LogP contribution in [0.1, 0.15) is 35.7 Å². The lowest BCUT2D eigenvalue weighted by molar-refractivity contribution is -0.137. The highest BCUT2D eigenvalue weighted by Gasteiger charge is 2.34. The number of nitrogens with zero attached hydrogens (tertiary/aromatic N) is 2. The van der Waals surface area contributed by atoms with Crippen LogP contribution in [0.3, 0.4) is 0 Å². The van der Waals surface area contributed by atoms with Gasteiger partial charge in [-0.25, -0.2) is 0 Å². The SMILES string of the molecule is CCCCn1cc(C=O)c(-c2ccccc2C(F)(F)F)n1. The van der Waals surface area contributed by atoms with Crippen molar-refractivity contribution in [2.24, 2.45) is 0 Å². The minimum absolute atomic E-state index is 0.0673. The lowest BCUT2D eigenvalue weighted by Crippen LogP contribution is -2.07. The molecule has 0 aliphatic carbocycles. The summed E-state index contributed by atoms with van der Waals surface area (Å²) in [5.41, 5.74) is -0.604. The summed E-state index contributed by atoms with van der Waals surface area (Å²) >= 11 is 0. The van der Waals surface area contributed by atoms with Crippen molar-refractivity contribution >= 4 is 6.29 Å². The molecule has 21 heavy (non-hydrogen) atoms. The van der Waals surface area contributed by atoms with E-state index in [1.54, 1.807) is 0 Å². The second-order valence-corrected chi connectivity index (χ2v) is 4.71. The van der Waals surface area contributed by atoms with Crippen LogP contribution in [-0.2, 0) is 12.7 Å². The third kappa shape index (κ3) is 3.32. The monoisotopic (exact) mass is 296 g/mol. The van der Waals surface area contributed by atoms with Gasteiger partial charge in [-0.05, 0) is 12.5 Å². The Balaban J connectivity index is 2.51. The van der Waals surface area contributed by atoms with Crippen LogP contribution in [-0.4, -0.2) is 16.1 Å². The average molecular weight is 296 g/mol. The Hall–Kier alpha value is -2.11. The van der Waals surface area contributed by atoms with E-state index in [0.717, 1.165) is 18.9 Å². The van der Waals surface area contributed by atoms with Gasteiger partial charge in [0.15, 0.2) is 6.29 Å². The summed E-state index contributed by atoms with van der Waals surface area (Å²) < 4.78 is 40.7. The third-order valence-corrected chi connectivity index (χ3v) is 3.15. The van der Waals surface area contributed by atoms with Gasteiger partial charge in [-0.3, -0.25) is 9.48 Å². The Morgan fingerprint density at radius 2 is 2.00 bits per heavy atom. The molecule has 6 heteroatoms. The summed E-state index contributed by atoms with van der Waals surface area (Å²) in [5, 5.41) is 4.15. The molecule has 0 amide bonds. The van der Waals surface area contributed by atoms with Crippen molar-refractivity contribution in [1.82, 2.24) is 9.78 Å². The van der Waals surface area contributed by atoms with Gasteiger partial charge in [0.1, 0.15) is 5.69 Å². The van der Waals surface area contributed by atoms with E-state index in [-0.39, 0.29) is 16.8 Å². The van der Waals surface area contributed by atoms with Gasteiger partial charge in [0.05, 0.1) is 11.1 Å². The Kier molecular flexibility index (Phi) is 4.45. The van der Waals surface area contributed by atoms with Crippen molar-refractivity contribution in [2.75, 3.05) is 0 Å². The van der Waals surface area contributed by atoms with Gasteiger partial charge in [0, 0.05) is 18.3 Å². The Morgan fingerprint density at radius 3 is 2.62 bits per heavy atom. The maximum absolute atomic E-state index is 13.1. The molecule has 1 aromatic heterocycles. The Labute approximate surface area is 120 Å². The fourth-order valence-electron chi connectivity index (χ4n) is 2.10. The molecule has 0 spiro atoms. The number of hydrogen-bond donors (Lipinski definition) is 0. The van der Waals surface area contributed by atoms with Crippen LogP contribution >= 0.6 is 0 Å². The molecule has 1 aromatic carbocycles. The van der Waals surface area contributed by atoms with Crippen molar-refractivity contribution < 1.29 is 18.0 Å². The lowest BCUT2D eigenvalue weighted by Gasteiger charge is -2.11. The number of rotatable bonds is 5. The summed E-state index contributed by atoms with van der Waals surface area (Å²) in [5.74, 6) is 0. The summed E-state index contributed by atoms with van der Waals surface area (Å²) in [6.07, 6.45) is -0.669. The molecule has 0 saturated heterocycles. The number of aldehydes is 1. The molecule has 0 saturated carbocycles. The second-order valence-electron chi connectivity index (χ2n) is 4.71. The Bertz CT molecular complexity index is 632. The van der Waals surface area contributed by atoms with E-state index >= 15 is 0 Å². The van der Waals surface area contributed by atoms with E-state index in [0.29, 0.717) is 12.8 Å². The highest BCUT2D eigenvalue weighted by atomic mass is 19.4. The van der Waals surface area contributed by atoms with Gasteiger partial charge in [-0.15, -0.1) is 0 Å². The number of aromatic nitrogens is 2. The molecule has 0 radical (unpaired) electrons. The van der Waals surface area contributed by atoms with Crippen LogP contribution in [0.2, 0.25) is 0 Å². The highest BCUT2D eigenvalue weighted by molar-refractivity contribution is 5.86. The molecule has 3 nitrogen and oxygen atoms in total. The predicted molar refractivity (Wildman–Crippen MR) is 73.0 cm³/mol. The van der Waals surface area contributed by atoms with Crippen molar-refractivity contribution in [3.05, 3.63) is 41.6 Å². The maximum atomic E-state index is 13.1. The van der Waals surface area contributed by atoms with Crippen molar-refractivity contribution in [1.29, 1.82) is 0 Å². The first-order valence-electron chi connectivity index (χ1n) is 6.66. The first-order chi connectivity index (χ1) is 9.97. The number of alkyl halides is 3. The standard InChI is InChI=1S/C15H15F3N2O/c1-2-3-8-20-9-11(10-21)14(19-20)12-6-4-5-7-13(12)15(16,17)18/h4-7,9-10H,2-3,8H2,1H3. The topological polar surface area (TPSA) is 34.9 Å². The second kappa shape index (κ2) is 6.11. The van der Waals surface area contributed by atoms with Crippen LogP contribution < -0.4 is 0 Å². The van der Waals surface area contributed by atoms with E-state index in [9.17, 15) is 18.0 Å². The van der Waals surface area contributed by atoms with Gasteiger partial charge in [0.25, 0.3) is 0 Å². The Morgan fingerprint density at radius 1 is 1.29 bits per heavy atom. The van der Waals surface area contributed by atoms with Gasteiger partial charge in [0.2, 0.25) is 0 Å². The van der Waals surface area contributed by atoms with E-state index in [4.69, 9.17) is 0 Å². The van der Waals surface area contributed by atoms with Crippen LogP contribution in [0.4, 0.5) is 13.2 Å². The normalized spacial score (nSPS) is 11.6. The van der Waals surface area contributed by atoms with Gasteiger partial charge in [-0.1, -0.05) is 31.5 Å². The molecule has 0 bridgehead atoms. The summed E-state index contributed by atoms with van der Waals surface area (Å²) in [6, 6.07) is 5.16. The molecule has 1 heterocycles. The fraction of sp³-hybridized carbons (Fsp3) is 0.333. The number of unbranched alkanes of at least 4 members (excludes halogenated alkanes) is 1. The number of benzene rings is 1. The molecule has 0 N–H and O–H groups in total. The smallest absolute Gasteiger partial charge is 0.298 e. The minimum Gasteiger partial charge on any atom is -0.298 e. The van der Waals surface area contributed by atoms with Crippen LogP contribution in [0.5, 0.6) is 0 Å². The maximum Gasteiger partial charge on any atom is 0.417 e. The quantitative estimate of drug-likeness (QED) is 0.776. The molecule has 0 unspecified atom stereocenters. The molecular formula is C15H15F3N2O. The summed E-state index contributed by atoms with van der Waals surface area (Å²) in [4.78, 5) is 11.1. The molecule has 0 fully saturated rings. The van der Waals surface area contributed by atoms with E-state index < -0.39 is 11.7 Å². The van der Waals surface area contributed by atoms with Crippen molar-refractivity contribution in [3.63, 3.8) is 0 Å². The van der Waals surface area contributed by atoms with Crippen molar-refractivity contribution in [2.45, 2.75) is 32.5 Å². The van der Waals surface area contributed by atoms with E-state index in [1.165, 1.54) is 29.1 Å². The number of halogens is 3. The van der Waals surface area contributed by atoms with E-state index in [1.807, 2.05) is 6.92 Å². The molecule has 0 aliphatic rings. The zero-order chi connectivity index (χ0) is 15.5. The van der Waals surface area contributed by atoms with Crippen LogP contribution in [0, 0.1) is 0 Å². The molecule has 2 rings (SSSR count). The van der Waals surface area contributed by atoms with Crippen molar-refractivity contribution in [3.8, 4) is 11.3 Å². The van der Waals surface area contributed by atoms with Crippen LogP contribution in [0.25, 0.3) is 11.3 Å². The largest absolute Gasteiger partial charge is 0.417 e.